The van der Waals surface area contributed by atoms with E-state index in [2.05, 4.69) is 15.2 Å². The summed E-state index contributed by atoms with van der Waals surface area (Å²) in [5.41, 5.74) is 2.32. The maximum Gasteiger partial charge on any atom is 0.459 e. The van der Waals surface area contributed by atoms with Crippen LogP contribution in [0.1, 0.15) is 53.2 Å². The second-order valence-corrected chi connectivity index (χ2v) is 12.8. The Morgan fingerprint density at radius 3 is 2.47 bits per heavy atom. The average Bonchev–Trinajstić information content (AvgIpc) is 3.61. The number of benzene rings is 1. The van der Waals surface area contributed by atoms with E-state index in [0.717, 1.165) is 0 Å². The summed E-state index contributed by atoms with van der Waals surface area (Å²) in [4.78, 5) is 42.4. The van der Waals surface area contributed by atoms with Gasteiger partial charge in [0.1, 0.15) is 30.3 Å². The normalized spacial score (nSPS) is 22.8. The molecule has 4 rings (SSSR count). The molecule has 5 atom stereocenters. The molecule has 17 heteroatoms. The molecule has 0 radical (unpaired) electrons. The minimum Gasteiger partial charge on any atom is -0.462 e. The van der Waals surface area contributed by atoms with Crippen LogP contribution in [0.4, 0.5) is 10.2 Å². The first-order chi connectivity index (χ1) is 22.3. The highest BCUT2D eigenvalue weighted by atomic mass is 31.2. The Balaban J connectivity index is 1.79. The first-order valence-corrected chi connectivity index (χ1v) is 16.5. The van der Waals surface area contributed by atoms with Gasteiger partial charge in [0.05, 0.1) is 25.0 Å². The summed E-state index contributed by atoms with van der Waals surface area (Å²) < 4.78 is 65.5. The van der Waals surface area contributed by atoms with Gasteiger partial charge in [0.15, 0.2) is 17.5 Å². The highest BCUT2D eigenvalue weighted by molar-refractivity contribution is 7.52. The third-order valence-electron chi connectivity index (χ3n) is 7.24. The molecule has 1 aromatic carbocycles. The van der Waals surface area contributed by atoms with Gasteiger partial charge in [-0.2, -0.15) is 10.2 Å². The van der Waals surface area contributed by atoms with Gasteiger partial charge in [-0.25, -0.2) is 18.5 Å². The summed E-state index contributed by atoms with van der Waals surface area (Å²) in [6, 6.07) is 9.81. The molecule has 0 saturated carbocycles. The summed E-state index contributed by atoms with van der Waals surface area (Å²) in [5.74, 6) is -2.06. The highest BCUT2D eigenvalue weighted by Gasteiger charge is 2.66. The molecule has 1 saturated heterocycles. The molecule has 1 fully saturated rings. The summed E-state index contributed by atoms with van der Waals surface area (Å²) in [7, 11) is -4.54. The Kier molecular flexibility index (Phi) is 11.2. The van der Waals surface area contributed by atoms with Crippen molar-refractivity contribution >= 4 is 37.0 Å². The molecule has 1 aliphatic heterocycles. The summed E-state index contributed by atoms with van der Waals surface area (Å²) in [5, 5.41) is 6.76. The lowest BCUT2D eigenvalue weighted by Gasteiger charge is -2.38. The third-order valence-corrected chi connectivity index (χ3v) is 8.87. The number of carbonyl (C=O) groups excluding carboxylic acids is 3. The van der Waals surface area contributed by atoms with Crippen LogP contribution in [-0.2, 0) is 48.0 Å². The predicted molar refractivity (Wildman–Crippen MR) is 165 cm³/mol. The van der Waals surface area contributed by atoms with Crippen molar-refractivity contribution in [3.63, 3.8) is 0 Å². The number of ether oxygens (including phenoxy) is 4. The number of halogens is 1. The topological polar surface area (TPSA) is 192 Å². The molecule has 0 bridgehead atoms. The van der Waals surface area contributed by atoms with Crippen LogP contribution in [0, 0.1) is 0 Å². The van der Waals surface area contributed by atoms with Gasteiger partial charge < -0.3 is 29.2 Å². The Hall–Kier alpha value is -4.11. The molecule has 3 aromatic rings. The van der Waals surface area contributed by atoms with E-state index >= 15 is 4.39 Å². The predicted octanol–water partition coefficient (Wildman–Crippen LogP) is 3.65. The number of nitrogens with zero attached hydrogens (tertiary/aromatic N) is 3. The van der Waals surface area contributed by atoms with Gasteiger partial charge >= 0.3 is 25.7 Å². The smallest absolute Gasteiger partial charge is 0.459 e. The molecule has 0 aliphatic carbocycles. The molecule has 2 aromatic heterocycles. The maximum atomic E-state index is 15.5. The van der Waals surface area contributed by atoms with Gasteiger partial charge in [-0.15, -0.1) is 0 Å². The number of hydrogen-bond donors (Lipinski definition) is 2. The van der Waals surface area contributed by atoms with E-state index in [1.165, 1.54) is 42.9 Å². The van der Waals surface area contributed by atoms with Crippen molar-refractivity contribution in [2.45, 2.75) is 76.9 Å². The second kappa shape index (κ2) is 14.8. The Morgan fingerprint density at radius 2 is 1.83 bits per heavy atom. The van der Waals surface area contributed by atoms with Crippen molar-refractivity contribution in [2.24, 2.45) is 0 Å². The molecule has 1 aliphatic rings. The van der Waals surface area contributed by atoms with E-state index in [1.807, 2.05) is 0 Å². The standard InChI is InChI=1S/C30H39FN5O10P/c1-6-24(37)44-28-29(15-31,16-42-47(40,46-21-11-9-8-10-12-21)35-20(5)27(39)43-19(3)4)41-17-30(28,45-25(38)7-2)23-14-13-22-26(32)33-18-34-36(22)23/h8-14,18-20,28H,6-7,15-17H2,1-5H3,(H,35,40)(H2,32,33,34)/t20-,28+,29+,30+,47-/m0/s1. The largest absolute Gasteiger partial charge is 0.462 e. The molecule has 0 unspecified atom stereocenters. The number of carbonyl (C=O) groups is 3. The zero-order valence-electron chi connectivity index (χ0n) is 26.7. The van der Waals surface area contributed by atoms with Crippen LogP contribution in [0.3, 0.4) is 0 Å². The molecule has 0 spiro atoms. The van der Waals surface area contributed by atoms with E-state index in [1.54, 1.807) is 45.0 Å². The number of nitrogens with two attached hydrogens (primary N) is 1. The number of hydrogen-bond acceptors (Lipinski definition) is 13. The molecule has 256 valence electrons. The van der Waals surface area contributed by atoms with Crippen molar-refractivity contribution < 1.29 is 51.3 Å². The fraction of sp³-hybridized carbons (Fsp3) is 0.500. The molecular weight excluding hydrogens is 640 g/mol. The van der Waals surface area contributed by atoms with E-state index in [-0.39, 0.29) is 30.1 Å². The number of anilines is 1. The number of para-hydroxylation sites is 1. The number of aromatic nitrogens is 3. The van der Waals surface area contributed by atoms with Crippen LogP contribution < -0.4 is 15.3 Å². The minimum absolute atomic E-state index is 0.0931. The molecule has 3 N–H and O–H groups in total. The quantitative estimate of drug-likeness (QED) is 0.134. The zero-order chi connectivity index (χ0) is 34.4. The lowest BCUT2D eigenvalue weighted by Crippen LogP contribution is -2.56. The van der Waals surface area contributed by atoms with Crippen LogP contribution in [-0.4, -0.2) is 76.2 Å². The zero-order valence-corrected chi connectivity index (χ0v) is 27.6. The van der Waals surface area contributed by atoms with Crippen molar-refractivity contribution in [2.75, 3.05) is 25.6 Å². The van der Waals surface area contributed by atoms with Crippen molar-refractivity contribution in [1.29, 1.82) is 0 Å². The highest BCUT2D eigenvalue weighted by Crippen LogP contribution is 2.51. The monoisotopic (exact) mass is 679 g/mol. The lowest BCUT2D eigenvalue weighted by molar-refractivity contribution is -0.191. The van der Waals surface area contributed by atoms with Crippen LogP contribution in [0.15, 0.2) is 48.8 Å². The van der Waals surface area contributed by atoms with Crippen LogP contribution >= 0.6 is 7.75 Å². The number of esters is 3. The van der Waals surface area contributed by atoms with Crippen molar-refractivity contribution in [3.05, 3.63) is 54.5 Å². The Labute approximate surface area is 270 Å². The lowest BCUT2D eigenvalue weighted by atomic mass is 9.85. The first kappa shape index (κ1) is 35.7. The van der Waals surface area contributed by atoms with E-state index < -0.39 is 75.0 Å². The SMILES string of the molecule is CCC(=O)O[C@@H]1[C@@](CF)(CO[P@@](=O)(N[C@@H](C)C(=O)OC(C)C)Oc2ccccc2)OC[C@@]1(OC(=O)CC)c1ccc2c(N)ncnn12. The van der Waals surface area contributed by atoms with Gasteiger partial charge in [-0.05, 0) is 45.0 Å². The number of alkyl halides is 1. The van der Waals surface area contributed by atoms with E-state index in [9.17, 15) is 18.9 Å². The summed E-state index contributed by atoms with van der Waals surface area (Å²) in [6.45, 7) is 5.00. The molecular formula is C30H39FN5O10P. The van der Waals surface area contributed by atoms with E-state index in [4.69, 9.17) is 33.7 Å². The van der Waals surface area contributed by atoms with Crippen molar-refractivity contribution in [3.8, 4) is 5.75 Å². The fourth-order valence-corrected chi connectivity index (χ4v) is 6.48. The van der Waals surface area contributed by atoms with Gasteiger partial charge in [0.25, 0.3) is 0 Å². The van der Waals surface area contributed by atoms with Gasteiger partial charge in [-0.1, -0.05) is 32.0 Å². The number of rotatable bonds is 15. The van der Waals surface area contributed by atoms with Crippen LogP contribution in [0.25, 0.3) is 5.52 Å². The first-order valence-electron chi connectivity index (χ1n) is 15.0. The third kappa shape index (κ3) is 7.73. The molecule has 15 nitrogen and oxygen atoms in total. The Morgan fingerprint density at radius 1 is 1.13 bits per heavy atom. The van der Waals surface area contributed by atoms with E-state index in [0.29, 0.717) is 5.52 Å². The molecule has 3 heterocycles. The maximum absolute atomic E-state index is 15.5. The Bertz CT molecular complexity index is 1620. The fourth-order valence-electron chi connectivity index (χ4n) is 4.93. The van der Waals surface area contributed by atoms with Crippen molar-refractivity contribution in [1.82, 2.24) is 19.7 Å². The summed E-state index contributed by atoms with van der Waals surface area (Å²) in [6.07, 6.45) is -1.23. The number of nitrogens with one attached hydrogen (secondary N) is 1. The van der Waals surface area contributed by atoms with Crippen LogP contribution in [0.5, 0.6) is 5.75 Å². The van der Waals surface area contributed by atoms with Crippen LogP contribution in [0.2, 0.25) is 0 Å². The second-order valence-electron chi connectivity index (χ2n) is 11.1. The van der Waals surface area contributed by atoms with Gasteiger partial charge in [0, 0.05) is 12.8 Å². The number of nitrogen functional groups attached to an aromatic ring is 1. The van der Waals surface area contributed by atoms with Gasteiger partial charge in [-0.3, -0.25) is 18.9 Å². The summed E-state index contributed by atoms with van der Waals surface area (Å²) >= 11 is 0. The average molecular weight is 680 g/mol. The minimum atomic E-state index is -4.54. The number of fused-ring (bicyclic) bond motifs is 1. The van der Waals surface area contributed by atoms with Gasteiger partial charge in [0.2, 0.25) is 5.60 Å². The molecule has 0 amide bonds. The molecule has 47 heavy (non-hydrogen) atoms.